The largest absolute Gasteiger partial charge is 0.524 e. The van der Waals surface area contributed by atoms with Gasteiger partial charge in [0, 0.05) is 4.91 Å². The van der Waals surface area contributed by atoms with E-state index in [1.165, 1.54) is 18.2 Å². The minimum absolute atomic E-state index is 0.0262. The summed E-state index contributed by atoms with van der Waals surface area (Å²) in [6.07, 6.45) is 0. The molecule has 0 heterocycles. The fraction of sp³-hybridized carbons (Fsp3) is 0. The summed E-state index contributed by atoms with van der Waals surface area (Å²) in [6.45, 7) is 0. The van der Waals surface area contributed by atoms with E-state index in [1.807, 2.05) is 0 Å². The number of nitrogens with zero attached hydrogens (tertiary/aromatic N) is 3. The van der Waals surface area contributed by atoms with E-state index < -0.39 is 7.82 Å². The van der Waals surface area contributed by atoms with Crippen LogP contribution in [0, 0.1) is 0 Å². The molecule has 1 aromatic carbocycles. The lowest BCUT2D eigenvalue weighted by atomic mass is 10.3. The molecule has 1 aromatic rings. The Morgan fingerprint density at radius 3 is 2.64 bits per heavy atom. The average molecular weight is 215 g/mol. The zero-order valence-electron chi connectivity index (χ0n) is 6.81. The molecule has 0 atom stereocenters. The molecule has 0 aromatic heterocycles. The molecule has 14 heavy (non-hydrogen) atoms. The van der Waals surface area contributed by atoms with E-state index in [2.05, 4.69) is 14.5 Å². The summed E-state index contributed by atoms with van der Waals surface area (Å²) in [5.74, 6) is -0.154. The molecule has 8 heteroatoms. The summed E-state index contributed by atoms with van der Waals surface area (Å²) in [5.41, 5.74) is 8.18. The Kier molecular flexibility index (Phi) is 3.11. The van der Waals surface area contributed by atoms with Gasteiger partial charge in [-0.25, -0.2) is 4.57 Å². The van der Waals surface area contributed by atoms with Crippen LogP contribution in [0.25, 0.3) is 10.4 Å². The third-order valence-corrected chi connectivity index (χ3v) is 1.67. The number of para-hydroxylation sites is 1. The van der Waals surface area contributed by atoms with Gasteiger partial charge in [0.25, 0.3) is 0 Å². The van der Waals surface area contributed by atoms with Crippen LogP contribution in [-0.2, 0) is 4.57 Å². The first-order valence-corrected chi connectivity index (χ1v) is 4.95. The molecule has 74 valence electrons. The lowest BCUT2D eigenvalue weighted by Gasteiger charge is -2.07. The van der Waals surface area contributed by atoms with E-state index in [4.69, 9.17) is 15.3 Å². The van der Waals surface area contributed by atoms with Gasteiger partial charge in [0.2, 0.25) is 0 Å². The standard InChI is InChI=1S/C6H6N3O4P/c7-9-8-5-3-1-2-4-6(5)13-14(10,11)12/h1-4H,(H2,10,11,12). The first kappa shape index (κ1) is 10.6. The minimum atomic E-state index is -4.62. The van der Waals surface area contributed by atoms with Gasteiger partial charge in [0.05, 0.1) is 5.69 Å². The molecule has 0 saturated carbocycles. The number of azide groups is 1. The van der Waals surface area contributed by atoms with Gasteiger partial charge < -0.3 is 4.52 Å². The second-order valence-electron chi connectivity index (χ2n) is 2.24. The highest BCUT2D eigenvalue weighted by Crippen LogP contribution is 2.41. The van der Waals surface area contributed by atoms with E-state index in [9.17, 15) is 4.57 Å². The van der Waals surface area contributed by atoms with Gasteiger partial charge in [-0.1, -0.05) is 17.2 Å². The summed E-state index contributed by atoms with van der Waals surface area (Å²) in [5, 5.41) is 3.20. The van der Waals surface area contributed by atoms with Gasteiger partial charge in [0.1, 0.15) is 5.75 Å². The predicted molar refractivity (Wildman–Crippen MR) is 47.9 cm³/mol. The first-order valence-electron chi connectivity index (χ1n) is 3.42. The van der Waals surface area contributed by atoms with Crippen LogP contribution in [0.3, 0.4) is 0 Å². The van der Waals surface area contributed by atoms with Crippen molar-refractivity contribution >= 4 is 13.5 Å². The summed E-state index contributed by atoms with van der Waals surface area (Å²) in [6, 6.07) is 5.73. The van der Waals surface area contributed by atoms with Crippen LogP contribution in [0.1, 0.15) is 0 Å². The highest BCUT2D eigenvalue weighted by Gasteiger charge is 2.17. The van der Waals surface area contributed by atoms with Crippen LogP contribution in [0.2, 0.25) is 0 Å². The first-order chi connectivity index (χ1) is 6.53. The van der Waals surface area contributed by atoms with Gasteiger partial charge in [-0.2, -0.15) is 0 Å². The van der Waals surface area contributed by atoms with Crippen molar-refractivity contribution in [1.29, 1.82) is 0 Å². The van der Waals surface area contributed by atoms with E-state index in [0.29, 0.717) is 0 Å². The highest BCUT2D eigenvalue weighted by atomic mass is 31.2. The average Bonchev–Trinajstić information content (AvgIpc) is 2.06. The third kappa shape index (κ3) is 3.08. The quantitative estimate of drug-likeness (QED) is 0.347. The maximum atomic E-state index is 10.5. The lowest BCUT2D eigenvalue weighted by molar-refractivity contribution is 0.283. The topological polar surface area (TPSA) is 116 Å². The number of hydrogen-bond acceptors (Lipinski definition) is 3. The maximum absolute atomic E-state index is 10.5. The van der Waals surface area contributed by atoms with Crippen LogP contribution in [-0.4, -0.2) is 9.79 Å². The monoisotopic (exact) mass is 215 g/mol. The number of rotatable bonds is 3. The molecule has 1 rings (SSSR count). The third-order valence-electron chi connectivity index (χ3n) is 1.23. The van der Waals surface area contributed by atoms with E-state index in [0.717, 1.165) is 0 Å². The van der Waals surface area contributed by atoms with Crippen molar-refractivity contribution in [2.45, 2.75) is 0 Å². The van der Waals surface area contributed by atoms with E-state index in [-0.39, 0.29) is 11.4 Å². The summed E-state index contributed by atoms with van der Waals surface area (Å²) in [4.78, 5) is 19.5. The Hall–Kier alpha value is -1.52. The van der Waals surface area contributed by atoms with Crippen LogP contribution in [0.4, 0.5) is 5.69 Å². The van der Waals surface area contributed by atoms with Crippen molar-refractivity contribution in [1.82, 2.24) is 0 Å². The van der Waals surface area contributed by atoms with Gasteiger partial charge in [0.15, 0.2) is 0 Å². The molecular formula is C6H6N3O4P. The fourth-order valence-electron chi connectivity index (χ4n) is 0.793. The van der Waals surface area contributed by atoms with Crippen molar-refractivity contribution in [2.24, 2.45) is 5.11 Å². The van der Waals surface area contributed by atoms with Crippen LogP contribution in [0.15, 0.2) is 29.4 Å². The molecular weight excluding hydrogens is 209 g/mol. The Morgan fingerprint density at radius 1 is 1.43 bits per heavy atom. The van der Waals surface area contributed by atoms with Crippen molar-refractivity contribution in [3.05, 3.63) is 34.7 Å². The van der Waals surface area contributed by atoms with Gasteiger partial charge in [-0.3, -0.25) is 9.79 Å². The molecule has 2 N–H and O–H groups in total. The van der Waals surface area contributed by atoms with Gasteiger partial charge in [-0.15, -0.1) is 0 Å². The molecule has 0 aliphatic heterocycles. The van der Waals surface area contributed by atoms with Crippen molar-refractivity contribution in [3.8, 4) is 5.75 Å². The Labute approximate surface area is 78.8 Å². The van der Waals surface area contributed by atoms with E-state index in [1.54, 1.807) is 6.07 Å². The fourth-order valence-corrected chi connectivity index (χ4v) is 1.20. The Bertz CT molecular complexity index is 423. The summed E-state index contributed by atoms with van der Waals surface area (Å²) in [7, 11) is -4.62. The normalized spacial score (nSPS) is 10.4. The number of phosphoric ester groups is 1. The highest BCUT2D eigenvalue weighted by molar-refractivity contribution is 7.46. The molecule has 0 aliphatic rings. The molecule has 0 aliphatic carbocycles. The SMILES string of the molecule is [N-]=[N+]=Nc1ccccc1OP(=O)(O)O. The second kappa shape index (κ2) is 4.13. The van der Waals surface area contributed by atoms with Crippen LogP contribution >= 0.6 is 7.82 Å². The number of hydrogen-bond donors (Lipinski definition) is 2. The number of benzene rings is 1. The molecule has 0 fully saturated rings. The summed E-state index contributed by atoms with van der Waals surface area (Å²) >= 11 is 0. The smallest absolute Gasteiger partial charge is 0.404 e. The van der Waals surface area contributed by atoms with Crippen molar-refractivity contribution < 1.29 is 18.9 Å². The summed E-state index contributed by atoms with van der Waals surface area (Å²) < 4.78 is 14.8. The van der Waals surface area contributed by atoms with Gasteiger partial charge in [-0.05, 0) is 17.7 Å². The zero-order chi connectivity index (χ0) is 10.6. The molecule has 0 amide bonds. The van der Waals surface area contributed by atoms with Crippen molar-refractivity contribution in [3.63, 3.8) is 0 Å². The molecule has 0 unspecified atom stereocenters. The molecule has 0 bridgehead atoms. The molecule has 0 saturated heterocycles. The maximum Gasteiger partial charge on any atom is 0.524 e. The van der Waals surface area contributed by atoms with E-state index >= 15 is 0 Å². The molecule has 7 nitrogen and oxygen atoms in total. The van der Waals surface area contributed by atoms with Gasteiger partial charge >= 0.3 is 7.82 Å². The second-order valence-corrected chi connectivity index (χ2v) is 3.40. The van der Waals surface area contributed by atoms with Crippen LogP contribution < -0.4 is 4.52 Å². The molecule has 0 spiro atoms. The van der Waals surface area contributed by atoms with Crippen LogP contribution in [0.5, 0.6) is 5.75 Å². The Morgan fingerprint density at radius 2 is 2.07 bits per heavy atom. The molecule has 0 radical (unpaired) electrons. The predicted octanol–water partition coefficient (Wildman–Crippen LogP) is 2.10. The van der Waals surface area contributed by atoms with Crippen molar-refractivity contribution in [2.75, 3.05) is 0 Å². The zero-order valence-corrected chi connectivity index (χ0v) is 7.70. The number of phosphoric acid groups is 1. The Balaban J connectivity index is 3.07. The minimum Gasteiger partial charge on any atom is -0.404 e. The lowest BCUT2D eigenvalue weighted by Crippen LogP contribution is -1.89.